The van der Waals surface area contributed by atoms with E-state index in [1.165, 1.54) is 83.6 Å². The fraction of sp³-hybridized carbons (Fsp3) is 0.889. The van der Waals surface area contributed by atoms with Crippen LogP contribution in [0.15, 0.2) is 12.2 Å². The third kappa shape index (κ3) is 17.7. The van der Waals surface area contributed by atoms with Crippen molar-refractivity contribution in [3.63, 3.8) is 0 Å². The summed E-state index contributed by atoms with van der Waals surface area (Å²) < 4.78 is 0. The molecule has 0 aromatic heterocycles. The molecule has 0 aliphatic heterocycles. The first-order valence-corrected chi connectivity index (χ1v) is 8.57. The molecule has 0 aliphatic carbocycles. The second-order valence-corrected chi connectivity index (χ2v) is 6.03. The summed E-state index contributed by atoms with van der Waals surface area (Å²) >= 11 is 0. The molecule has 0 heterocycles. The lowest BCUT2D eigenvalue weighted by atomic mass is 10.1. The molecule has 0 unspecified atom stereocenters. The maximum Gasteiger partial charge on any atom is -0.00247 e. The van der Waals surface area contributed by atoms with Crippen LogP contribution >= 0.6 is 0 Å². The van der Waals surface area contributed by atoms with E-state index >= 15 is 0 Å². The monoisotopic (exact) mass is 267 g/mol. The highest BCUT2D eigenvalue weighted by molar-refractivity contribution is 4.81. The van der Waals surface area contributed by atoms with E-state index in [2.05, 4.69) is 38.1 Å². The van der Waals surface area contributed by atoms with Gasteiger partial charge in [-0.05, 0) is 52.7 Å². The molecule has 0 N–H and O–H groups in total. The lowest BCUT2D eigenvalue weighted by molar-refractivity contribution is 0.395. The van der Waals surface area contributed by atoms with Crippen LogP contribution in [0.25, 0.3) is 0 Å². The Kier molecular flexibility index (Phi) is 15.5. The SMILES string of the molecule is CCCCCCCCCC/C=C/CCCCN(C)C. The highest BCUT2D eigenvalue weighted by atomic mass is 15.0. The summed E-state index contributed by atoms with van der Waals surface area (Å²) in [5, 5.41) is 0. The summed E-state index contributed by atoms with van der Waals surface area (Å²) in [6, 6.07) is 0. The summed E-state index contributed by atoms with van der Waals surface area (Å²) in [4.78, 5) is 2.27. The van der Waals surface area contributed by atoms with Crippen LogP contribution in [0.1, 0.15) is 84.0 Å². The fourth-order valence-electron chi connectivity index (χ4n) is 2.32. The lowest BCUT2D eigenvalue weighted by Crippen LogP contribution is -2.12. The average molecular weight is 268 g/mol. The molecule has 0 aromatic rings. The van der Waals surface area contributed by atoms with Crippen molar-refractivity contribution in [2.75, 3.05) is 20.6 Å². The predicted molar refractivity (Wildman–Crippen MR) is 88.8 cm³/mol. The maximum atomic E-state index is 2.40. The van der Waals surface area contributed by atoms with E-state index in [0.717, 1.165) is 0 Å². The van der Waals surface area contributed by atoms with Gasteiger partial charge in [-0.2, -0.15) is 0 Å². The molecule has 0 amide bonds. The Bertz CT molecular complexity index is 184. The third-order valence-electron chi connectivity index (χ3n) is 3.62. The van der Waals surface area contributed by atoms with Gasteiger partial charge in [-0.1, -0.05) is 64.0 Å². The Morgan fingerprint density at radius 3 is 1.63 bits per heavy atom. The summed E-state index contributed by atoms with van der Waals surface area (Å²) in [5.41, 5.74) is 0. The van der Waals surface area contributed by atoms with E-state index in [9.17, 15) is 0 Å². The van der Waals surface area contributed by atoms with Crippen LogP contribution in [-0.2, 0) is 0 Å². The quantitative estimate of drug-likeness (QED) is 0.284. The smallest absolute Gasteiger partial charge is 0.00247 e. The largest absolute Gasteiger partial charge is 0.309 e. The molecule has 0 saturated heterocycles. The van der Waals surface area contributed by atoms with Gasteiger partial charge >= 0.3 is 0 Å². The molecule has 0 radical (unpaired) electrons. The maximum absolute atomic E-state index is 2.40. The Morgan fingerprint density at radius 1 is 0.632 bits per heavy atom. The molecule has 0 atom stereocenters. The van der Waals surface area contributed by atoms with E-state index in [-0.39, 0.29) is 0 Å². The van der Waals surface area contributed by atoms with Crippen molar-refractivity contribution in [2.24, 2.45) is 0 Å². The molecule has 0 saturated carbocycles. The lowest BCUT2D eigenvalue weighted by Gasteiger charge is -2.07. The van der Waals surface area contributed by atoms with Crippen LogP contribution in [0, 0.1) is 0 Å². The third-order valence-corrected chi connectivity index (χ3v) is 3.62. The topological polar surface area (TPSA) is 3.24 Å². The van der Waals surface area contributed by atoms with E-state index in [1.54, 1.807) is 0 Å². The Labute approximate surface area is 122 Å². The number of hydrogen-bond acceptors (Lipinski definition) is 1. The first-order valence-electron chi connectivity index (χ1n) is 8.57. The van der Waals surface area contributed by atoms with Crippen molar-refractivity contribution in [2.45, 2.75) is 84.0 Å². The molecule has 19 heavy (non-hydrogen) atoms. The van der Waals surface area contributed by atoms with Crippen LogP contribution in [0.5, 0.6) is 0 Å². The van der Waals surface area contributed by atoms with Gasteiger partial charge in [0.2, 0.25) is 0 Å². The second-order valence-electron chi connectivity index (χ2n) is 6.03. The molecule has 0 fully saturated rings. The molecular formula is C18H37N. The van der Waals surface area contributed by atoms with Gasteiger partial charge < -0.3 is 4.90 Å². The van der Waals surface area contributed by atoms with Crippen LogP contribution in [0.3, 0.4) is 0 Å². The standard InChI is InChI=1S/C18H37N/c1-4-5-6-7-8-9-10-11-12-13-14-15-16-17-18-19(2)3/h13-14H,4-12,15-18H2,1-3H3/b14-13+. The molecule has 0 rings (SSSR count). The minimum Gasteiger partial charge on any atom is -0.309 e. The highest BCUT2D eigenvalue weighted by Gasteiger charge is 1.91. The first-order chi connectivity index (χ1) is 9.27. The molecule has 0 bridgehead atoms. The Hall–Kier alpha value is -0.300. The normalized spacial score (nSPS) is 11.8. The van der Waals surface area contributed by atoms with Crippen LogP contribution in [-0.4, -0.2) is 25.5 Å². The summed E-state index contributed by atoms with van der Waals surface area (Å²) in [5.74, 6) is 0. The molecule has 1 heteroatoms. The number of rotatable bonds is 14. The highest BCUT2D eigenvalue weighted by Crippen LogP contribution is 2.10. The fourth-order valence-corrected chi connectivity index (χ4v) is 2.32. The van der Waals surface area contributed by atoms with Gasteiger partial charge in [0.25, 0.3) is 0 Å². The van der Waals surface area contributed by atoms with Gasteiger partial charge in [-0.15, -0.1) is 0 Å². The van der Waals surface area contributed by atoms with Gasteiger partial charge in [0.1, 0.15) is 0 Å². The van der Waals surface area contributed by atoms with E-state index < -0.39 is 0 Å². The second kappa shape index (κ2) is 15.8. The van der Waals surface area contributed by atoms with Gasteiger partial charge in [-0.25, -0.2) is 0 Å². The minimum atomic E-state index is 1.23. The molecule has 0 aromatic carbocycles. The van der Waals surface area contributed by atoms with Crippen molar-refractivity contribution >= 4 is 0 Å². The van der Waals surface area contributed by atoms with Gasteiger partial charge in [0.15, 0.2) is 0 Å². The van der Waals surface area contributed by atoms with Gasteiger partial charge in [0, 0.05) is 0 Å². The zero-order chi connectivity index (χ0) is 14.2. The number of hydrogen-bond donors (Lipinski definition) is 0. The molecule has 1 nitrogen and oxygen atoms in total. The van der Waals surface area contributed by atoms with Crippen molar-refractivity contribution in [1.82, 2.24) is 4.90 Å². The van der Waals surface area contributed by atoms with Crippen molar-refractivity contribution in [1.29, 1.82) is 0 Å². The zero-order valence-corrected chi connectivity index (χ0v) is 13.8. The predicted octanol–water partition coefficient (Wildman–Crippen LogP) is 5.81. The molecular weight excluding hydrogens is 230 g/mol. The number of nitrogens with zero attached hydrogens (tertiary/aromatic N) is 1. The van der Waals surface area contributed by atoms with Gasteiger partial charge in [-0.3, -0.25) is 0 Å². The number of allylic oxidation sites excluding steroid dienone is 2. The van der Waals surface area contributed by atoms with Crippen molar-refractivity contribution in [3.8, 4) is 0 Å². The number of unbranched alkanes of at least 4 members (excludes halogenated alkanes) is 10. The first kappa shape index (κ1) is 18.7. The van der Waals surface area contributed by atoms with Crippen molar-refractivity contribution in [3.05, 3.63) is 12.2 Å². The Morgan fingerprint density at radius 2 is 1.11 bits per heavy atom. The van der Waals surface area contributed by atoms with Crippen molar-refractivity contribution < 1.29 is 0 Å². The van der Waals surface area contributed by atoms with E-state index in [4.69, 9.17) is 0 Å². The van der Waals surface area contributed by atoms with Crippen LogP contribution < -0.4 is 0 Å². The Balaban J connectivity index is 3.04. The van der Waals surface area contributed by atoms with Gasteiger partial charge in [0.05, 0.1) is 0 Å². The molecule has 0 aliphatic rings. The van der Waals surface area contributed by atoms with Crippen LogP contribution in [0.2, 0.25) is 0 Å². The summed E-state index contributed by atoms with van der Waals surface area (Å²) in [6.07, 6.45) is 21.4. The zero-order valence-electron chi connectivity index (χ0n) is 13.8. The molecule has 0 spiro atoms. The van der Waals surface area contributed by atoms with Crippen LogP contribution in [0.4, 0.5) is 0 Å². The summed E-state index contributed by atoms with van der Waals surface area (Å²) in [7, 11) is 4.30. The molecule has 114 valence electrons. The minimum absolute atomic E-state index is 1.23. The van der Waals surface area contributed by atoms with E-state index in [1.807, 2.05) is 0 Å². The van der Waals surface area contributed by atoms with E-state index in [0.29, 0.717) is 0 Å². The summed E-state index contributed by atoms with van der Waals surface area (Å²) in [6.45, 7) is 3.51. The average Bonchev–Trinajstić information content (AvgIpc) is 2.39.